The van der Waals surface area contributed by atoms with Gasteiger partial charge in [-0.1, -0.05) is 28.1 Å². The maximum atomic E-state index is 9.69. The molecule has 0 amide bonds. The van der Waals surface area contributed by atoms with Crippen molar-refractivity contribution in [2.45, 2.75) is 0 Å². The minimum atomic E-state index is 0.247. The minimum Gasteiger partial charge on any atom is -0.508 e. The third-order valence-corrected chi connectivity index (χ3v) is 3.22. The summed E-state index contributed by atoms with van der Waals surface area (Å²) >= 11 is 3.41. The molecule has 0 aliphatic rings. The van der Waals surface area contributed by atoms with E-state index in [1.165, 1.54) is 0 Å². The summed E-state index contributed by atoms with van der Waals surface area (Å²) in [6.45, 7) is 0. The molecule has 2 N–H and O–H groups in total. The Kier molecular flexibility index (Phi) is 2.37. The van der Waals surface area contributed by atoms with E-state index in [-0.39, 0.29) is 5.75 Å². The summed E-state index contributed by atoms with van der Waals surface area (Å²) in [7, 11) is 0. The number of nitrogens with one attached hydrogen (secondary N) is 1. The Balaban J connectivity index is 2.28. The first-order valence-electron chi connectivity index (χ1n) is 5.16. The molecule has 1 heterocycles. The van der Waals surface area contributed by atoms with Crippen molar-refractivity contribution < 1.29 is 5.11 Å². The van der Waals surface area contributed by atoms with Crippen LogP contribution in [0.25, 0.3) is 22.0 Å². The quantitative estimate of drug-likeness (QED) is 0.717. The molecule has 0 atom stereocenters. The van der Waals surface area contributed by atoms with Gasteiger partial charge in [0.15, 0.2) is 0 Å². The van der Waals surface area contributed by atoms with Crippen molar-refractivity contribution in [2.24, 2.45) is 0 Å². The number of aromatic nitrogens is 2. The van der Waals surface area contributed by atoms with E-state index in [1.54, 1.807) is 18.3 Å². The Morgan fingerprint density at radius 3 is 2.65 bits per heavy atom. The second-order valence-corrected chi connectivity index (χ2v) is 4.75. The number of halogens is 1. The molecule has 0 saturated heterocycles. The number of hydrogen-bond acceptors (Lipinski definition) is 2. The predicted octanol–water partition coefficient (Wildman–Crippen LogP) is 3.70. The highest BCUT2D eigenvalue weighted by molar-refractivity contribution is 9.10. The van der Waals surface area contributed by atoms with Gasteiger partial charge in [0.1, 0.15) is 5.75 Å². The van der Waals surface area contributed by atoms with Gasteiger partial charge >= 0.3 is 0 Å². The van der Waals surface area contributed by atoms with Crippen LogP contribution in [0.3, 0.4) is 0 Å². The first-order chi connectivity index (χ1) is 8.24. The second-order valence-electron chi connectivity index (χ2n) is 3.83. The van der Waals surface area contributed by atoms with Crippen molar-refractivity contribution in [3.63, 3.8) is 0 Å². The summed E-state index contributed by atoms with van der Waals surface area (Å²) in [5, 5.41) is 17.6. The average molecular weight is 289 g/mol. The molecule has 0 spiro atoms. The van der Waals surface area contributed by atoms with Gasteiger partial charge in [0.25, 0.3) is 0 Å². The monoisotopic (exact) mass is 288 g/mol. The van der Waals surface area contributed by atoms with Crippen LogP contribution in [0.4, 0.5) is 0 Å². The van der Waals surface area contributed by atoms with E-state index < -0.39 is 0 Å². The Bertz CT molecular complexity index is 673. The van der Waals surface area contributed by atoms with Crippen LogP contribution >= 0.6 is 15.9 Å². The zero-order chi connectivity index (χ0) is 11.8. The lowest BCUT2D eigenvalue weighted by atomic mass is 10.0. The number of hydrogen-bond donors (Lipinski definition) is 2. The third kappa shape index (κ3) is 1.80. The molecule has 0 radical (unpaired) electrons. The maximum absolute atomic E-state index is 9.69. The molecule has 3 nitrogen and oxygen atoms in total. The number of phenols is 1. The van der Waals surface area contributed by atoms with Crippen LogP contribution in [-0.2, 0) is 0 Å². The van der Waals surface area contributed by atoms with Gasteiger partial charge in [-0.2, -0.15) is 5.10 Å². The molecule has 0 bridgehead atoms. The van der Waals surface area contributed by atoms with E-state index in [0.717, 1.165) is 26.5 Å². The average Bonchev–Trinajstić information content (AvgIpc) is 2.77. The number of phenolic OH excluding ortho intramolecular Hbond substituents is 1. The fraction of sp³-hybridized carbons (Fsp3) is 0. The van der Waals surface area contributed by atoms with E-state index >= 15 is 0 Å². The number of aromatic hydroxyl groups is 1. The molecule has 4 heteroatoms. The number of nitrogens with zero attached hydrogens (tertiary/aromatic N) is 1. The molecule has 1 aromatic heterocycles. The summed E-state index contributed by atoms with van der Waals surface area (Å²) in [6, 6.07) is 11.4. The largest absolute Gasteiger partial charge is 0.508 e. The van der Waals surface area contributed by atoms with Gasteiger partial charge < -0.3 is 5.11 Å². The van der Waals surface area contributed by atoms with Gasteiger partial charge in [-0.15, -0.1) is 0 Å². The SMILES string of the molecule is Oc1cc(-c2ccc(Br)cc2)c2[nH]ncc2c1. The minimum absolute atomic E-state index is 0.247. The van der Waals surface area contributed by atoms with Crippen molar-refractivity contribution in [1.82, 2.24) is 10.2 Å². The van der Waals surface area contributed by atoms with Crippen molar-refractivity contribution in [2.75, 3.05) is 0 Å². The highest BCUT2D eigenvalue weighted by Crippen LogP contribution is 2.31. The fourth-order valence-electron chi connectivity index (χ4n) is 1.90. The summed E-state index contributed by atoms with van der Waals surface area (Å²) in [5.41, 5.74) is 2.92. The fourth-order valence-corrected chi connectivity index (χ4v) is 2.16. The zero-order valence-electron chi connectivity index (χ0n) is 8.81. The predicted molar refractivity (Wildman–Crippen MR) is 70.9 cm³/mol. The number of aromatic amines is 1. The van der Waals surface area contributed by atoms with Crippen molar-refractivity contribution in [1.29, 1.82) is 0 Å². The van der Waals surface area contributed by atoms with Gasteiger partial charge in [-0.3, -0.25) is 5.10 Å². The first-order valence-corrected chi connectivity index (χ1v) is 5.95. The van der Waals surface area contributed by atoms with Crippen molar-refractivity contribution in [3.8, 4) is 16.9 Å². The molecule has 2 aromatic carbocycles. The summed E-state index contributed by atoms with van der Waals surface area (Å²) in [5.74, 6) is 0.247. The number of fused-ring (bicyclic) bond motifs is 1. The highest BCUT2D eigenvalue weighted by atomic mass is 79.9. The maximum Gasteiger partial charge on any atom is 0.117 e. The summed E-state index contributed by atoms with van der Waals surface area (Å²) in [6.07, 6.45) is 1.71. The van der Waals surface area contributed by atoms with E-state index in [1.807, 2.05) is 24.3 Å². The third-order valence-electron chi connectivity index (χ3n) is 2.69. The Morgan fingerprint density at radius 2 is 1.88 bits per heavy atom. The molecular formula is C13H9BrN2O. The lowest BCUT2D eigenvalue weighted by molar-refractivity contribution is 0.476. The molecule has 0 aliphatic heterocycles. The molecule has 3 rings (SSSR count). The van der Waals surface area contributed by atoms with E-state index in [4.69, 9.17) is 0 Å². The van der Waals surface area contributed by atoms with E-state index in [9.17, 15) is 5.11 Å². The Hall–Kier alpha value is -1.81. The molecule has 0 unspecified atom stereocenters. The Labute approximate surface area is 106 Å². The molecular weight excluding hydrogens is 280 g/mol. The van der Waals surface area contributed by atoms with Gasteiger partial charge in [0.2, 0.25) is 0 Å². The van der Waals surface area contributed by atoms with Crippen LogP contribution in [0.5, 0.6) is 5.75 Å². The molecule has 0 fully saturated rings. The highest BCUT2D eigenvalue weighted by Gasteiger charge is 2.07. The number of H-pyrrole nitrogens is 1. The van der Waals surface area contributed by atoms with Gasteiger partial charge in [0, 0.05) is 15.4 Å². The normalized spacial score (nSPS) is 10.9. The topological polar surface area (TPSA) is 48.9 Å². The smallest absolute Gasteiger partial charge is 0.117 e. The standard InChI is InChI=1S/C13H9BrN2O/c14-10-3-1-8(2-4-10)12-6-11(17)5-9-7-15-16-13(9)12/h1-7,17H,(H,15,16). The number of benzene rings is 2. The van der Waals surface area contributed by atoms with Crippen LogP contribution in [-0.4, -0.2) is 15.3 Å². The van der Waals surface area contributed by atoms with Gasteiger partial charge in [-0.25, -0.2) is 0 Å². The first kappa shape index (κ1) is 10.4. The molecule has 3 aromatic rings. The Morgan fingerprint density at radius 1 is 1.12 bits per heavy atom. The second kappa shape index (κ2) is 3.89. The van der Waals surface area contributed by atoms with Crippen LogP contribution in [0.1, 0.15) is 0 Å². The number of rotatable bonds is 1. The van der Waals surface area contributed by atoms with Crippen molar-refractivity contribution >= 4 is 26.8 Å². The lowest BCUT2D eigenvalue weighted by Crippen LogP contribution is -1.81. The van der Waals surface area contributed by atoms with Crippen LogP contribution in [0.2, 0.25) is 0 Å². The van der Waals surface area contributed by atoms with E-state index in [0.29, 0.717) is 0 Å². The van der Waals surface area contributed by atoms with Crippen molar-refractivity contribution in [3.05, 3.63) is 47.1 Å². The summed E-state index contributed by atoms with van der Waals surface area (Å²) in [4.78, 5) is 0. The zero-order valence-corrected chi connectivity index (χ0v) is 10.4. The van der Waals surface area contributed by atoms with Crippen LogP contribution in [0.15, 0.2) is 47.1 Å². The lowest BCUT2D eigenvalue weighted by Gasteiger charge is -2.04. The van der Waals surface area contributed by atoms with Gasteiger partial charge in [-0.05, 0) is 29.8 Å². The molecule has 0 saturated carbocycles. The summed E-state index contributed by atoms with van der Waals surface area (Å²) < 4.78 is 1.03. The molecule has 0 aliphatic carbocycles. The molecule has 17 heavy (non-hydrogen) atoms. The van der Waals surface area contributed by atoms with Crippen LogP contribution in [0, 0.1) is 0 Å². The van der Waals surface area contributed by atoms with E-state index in [2.05, 4.69) is 26.1 Å². The van der Waals surface area contributed by atoms with Crippen LogP contribution < -0.4 is 0 Å². The van der Waals surface area contributed by atoms with Gasteiger partial charge in [0.05, 0.1) is 11.7 Å². The molecule has 84 valence electrons.